The van der Waals surface area contributed by atoms with Crippen LogP contribution < -0.4 is 10.1 Å². The minimum absolute atomic E-state index is 0.0528. The van der Waals surface area contributed by atoms with Gasteiger partial charge in [0, 0.05) is 50.4 Å². The van der Waals surface area contributed by atoms with Crippen LogP contribution in [0.1, 0.15) is 17.0 Å². The van der Waals surface area contributed by atoms with Crippen LogP contribution in [0.2, 0.25) is 0 Å². The maximum Gasteiger partial charge on any atom is 0.232 e. The van der Waals surface area contributed by atoms with Crippen LogP contribution in [0.25, 0.3) is 0 Å². The summed E-state index contributed by atoms with van der Waals surface area (Å²) in [7, 11) is -3.13. The van der Waals surface area contributed by atoms with Crippen LogP contribution in [0.15, 0.2) is 48.5 Å². The summed E-state index contributed by atoms with van der Waals surface area (Å²) in [6.07, 6.45) is 1.24. The minimum Gasteiger partial charge on any atom is -0.457 e. The van der Waals surface area contributed by atoms with Crippen LogP contribution in [-0.4, -0.2) is 69.1 Å². The Morgan fingerprint density at radius 2 is 1.55 bits per heavy atom. The molecule has 0 aromatic heterocycles. The molecule has 1 N–H and O–H groups in total. The zero-order valence-electron chi connectivity index (χ0n) is 16.4. The first-order valence-corrected chi connectivity index (χ1v) is 11.6. The molecule has 2 aliphatic rings. The molecule has 4 rings (SSSR count). The monoisotopic (exact) mass is 415 g/mol. The first-order chi connectivity index (χ1) is 13.9. The predicted molar refractivity (Wildman–Crippen MR) is 111 cm³/mol. The summed E-state index contributed by atoms with van der Waals surface area (Å²) in [5.41, 5.74) is 1.73. The molecule has 1 saturated heterocycles. The highest BCUT2D eigenvalue weighted by molar-refractivity contribution is 7.88. The maximum atomic E-state index is 13.1. The van der Waals surface area contributed by atoms with Crippen molar-refractivity contribution in [2.24, 2.45) is 0 Å². The molecule has 8 heteroatoms. The van der Waals surface area contributed by atoms with E-state index in [1.807, 2.05) is 48.5 Å². The highest BCUT2D eigenvalue weighted by Gasteiger charge is 2.32. The third-order valence-electron chi connectivity index (χ3n) is 5.47. The van der Waals surface area contributed by atoms with Crippen molar-refractivity contribution < 1.29 is 17.9 Å². The van der Waals surface area contributed by atoms with Crippen molar-refractivity contribution in [3.63, 3.8) is 0 Å². The van der Waals surface area contributed by atoms with Crippen LogP contribution in [0.3, 0.4) is 0 Å². The number of amides is 1. The number of ether oxygens (including phenoxy) is 1. The summed E-state index contributed by atoms with van der Waals surface area (Å²) in [5, 5.41) is 3.05. The lowest BCUT2D eigenvalue weighted by Gasteiger charge is -2.33. The van der Waals surface area contributed by atoms with Gasteiger partial charge in [-0.15, -0.1) is 0 Å². The van der Waals surface area contributed by atoms with Crippen LogP contribution >= 0.6 is 0 Å². The Morgan fingerprint density at radius 1 is 1.00 bits per heavy atom. The van der Waals surface area contributed by atoms with Gasteiger partial charge in [-0.2, -0.15) is 4.31 Å². The van der Waals surface area contributed by atoms with Gasteiger partial charge in [0.2, 0.25) is 15.9 Å². The molecular weight excluding hydrogens is 390 g/mol. The second-order valence-electron chi connectivity index (χ2n) is 7.41. The van der Waals surface area contributed by atoms with Crippen molar-refractivity contribution >= 4 is 15.9 Å². The van der Waals surface area contributed by atoms with Crippen molar-refractivity contribution in [1.29, 1.82) is 0 Å². The normalized spacial score (nSPS) is 17.8. The summed E-state index contributed by atoms with van der Waals surface area (Å²) in [5.74, 6) is 0.965. The van der Waals surface area contributed by atoms with Crippen LogP contribution in [0.4, 0.5) is 0 Å². The number of rotatable bonds is 5. The molecule has 2 aromatic rings. The fourth-order valence-electron chi connectivity index (χ4n) is 3.92. The van der Waals surface area contributed by atoms with Gasteiger partial charge < -0.3 is 10.1 Å². The second kappa shape index (κ2) is 8.14. The van der Waals surface area contributed by atoms with E-state index in [0.29, 0.717) is 50.8 Å². The van der Waals surface area contributed by atoms with E-state index in [1.54, 1.807) is 0 Å². The number of nitrogens with one attached hydrogen (secondary N) is 1. The molecule has 0 radical (unpaired) electrons. The van der Waals surface area contributed by atoms with Gasteiger partial charge in [-0.1, -0.05) is 36.4 Å². The van der Waals surface area contributed by atoms with E-state index in [4.69, 9.17) is 4.74 Å². The minimum atomic E-state index is -3.13. The first-order valence-electron chi connectivity index (χ1n) is 9.74. The van der Waals surface area contributed by atoms with Crippen LogP contribution in [0.5, 0.6) is 11.5 Å². The molecule has 0 aliphatic carbocycles. The lowest BCUT2D eigenvalue weighted by molar-refractivity contribution is -0.121. The molecule has 0 atom stereocenters. The van der Waals surface area contributed by atoms with Crippen LogP contribution in [-0.2, 0) is 14.8 Å². The summed E-state index contributed by atoms with van der Waals surface area (Å²) in [4.78, 5) is 15.3. The molecule has 2 aromatic carbocycles. The van der Waals surface area contributed by atoms with Gasteiger partial charge in [-0.25, -0.2) is 8.42 Å². The fraction of sp³-hybridized carbons (Fsp3) is 0.381. The number of piperazine rings is 1. The Bertz CT molecular complexity index is 955. The van der Waals surface area contributed by atoms with E-state index in [1.165, 1.54) is 10.6 Å². The lowest BCUT2D eigenvalue weighted by Crippen LogP contribution is -2.50. The number of carbonyl (C=O) groups excluding carboxylic acids is 1. The van der Waals surface area contributed by atoms with Crippen LogP contribution in [0, 0.1) is 0 Å². The molecule has 0 unspecified atom stereocenters. The van der Waals surface area contributed by atoms with Gasteiger partial charge in [-0.3, -0.25) is 9.69 Å². The second-order valence-corrected chi connectivity index (χ2v) is 9.39. The maximum absolute atomic E-state index is 13.1. The first kappa shape index (κ1) is 19.9. The van der Waals surface area contributed by atoms with Gasteiger partial charge >= 0.3 is 0 Å². The summed E-state index contributed by atoms with van der Waals surface area (Å²) < 4.78 is 30.7. The molecule has 0 bridgehead atoms. The van der Waals surface area contributed by atoms with E-state index < -0.39 is 15.9 Å². The number of hydrogen-bond donors (Lipinski definition) is 1. The van der Waals surface area contributed by atoms with E-state index in [9.17, 15) is 13.2 Å². The number of nitrogens with zero attached hydrogens (tertiary/aromatic N) is 2. The number of carbonyl (C=O) groups is 1. The lowest BCUT2D eigenvalue weighted by atomic mass is 9.87. The Balaban J connectivity index is 1.39. The van der Waals surface area contributed by atoms with Crippen molar-refractivity contribution in [3.8, 4) is 11.5 Å². The van der Waals surface area contributed by atoms with Crippen molar-refractivity contribution in [2.45, 2.75) is 5.92 Å². The molecule has 2 aliphatic heterocycles. The Kier molecular flexibility index (Phi) is 5.58. The number of benzene rings is 2. The van der Waals surface area contributed by atoms with Crippen molar-refractivity contribution in [1.82, 2.24) is 14.5 Å². The van der Waals surface area contributed by atoms with Crippen molar-refractivity contribution in [2.75, 3.05) is 45.5 Å². The largest absolute Gasteiger partial charge is 0.457 e. The predicted octanol–water partition coefficient (Wildman–Crippen LogP) is 1.62. The molecule has 0 saturated carbocycles. The summed E-state index contributed by atoms with van der Waals surface area (Å²) in [6.45, 7) is 3.54. The molecule has 0 spiro atoms. The fourth-order valence-corrected chi connectivity index (χ4v) is 4.74. The molecular formula is C21H25N3O4S. The number of fused-ring (bicyclic) bond motifs is 2. The average molecular weight is 416 g/mol. The van der Waals surface area contributed by atoms with Gasteiger partial charge in [-0.05, 0) is 12.1 Å². The Labute approximate surface area is 171 Å². The van der Waals surface area contributed by atoms with E-state index in [2.05, 4.69) is 10.2 Å². The van der Waals surface area contributed by atoms with Crippen molar-refractivity contribution in [3.05, 3.63) is 59.7 Å². The van der Waals surface area contributed by atoms with E-state index in [0.717, 1.165) is 11.1 Å². The van der Waals surface area contributed by atoms with E-state index >= 15 is 0 Å². The SMILES string of the molecule is CS(=O)(=O)N1CCN(CCNC(=O)C2c3ccccc3Oc3ccccc32)CC1. The molecule has 154 valence electrons. The van der Waals surface area contributed by atoms with Gasteiger partial charge in [0.1, 0.15) is 11.5 Å². The molecule has 1 amide bonds. The third kappa shape index (κ3) is 4.29. The highest BCUT2D eigenvalue weighted by Crippen LogP contribution is 2.43. The van der Waals surface area contributed by atoms with Gasteiger partial charge in [0.25, 0.3) is 0 Å². The number of para-hydroxylation sites is 2. The molecule has 1 fully saturated rings. The highest BCUT2D eigenvalue weighted by atomic mass is 32.2. The topological polar surface area (TPSA) is 79.0 Å². The zero-order chi connectivity index (χ0) is 20.4. The summed E-state index contributed by atoms with van der Waals surface area (Å²) in [6, 6.07) is 15.3. The number of sulfonamides is 1. The molecule has 2 heterocycles. The smallest absolute Gasteiger partial charge is 0.232 e. The van der Waals surface area contributed by atoms with Gasteiger partial charge in [0.15, 0.2) is 0 Å². The molecule has 29 heavy (non-hydrogen) atoms. The molecule has 7 nitrogen and oxygen atoms in total. The number of hydrogen-bond acceptors (Lipinski definition) is 5. The standard InChI is InChI=1S/C21H25N3O4S/c1-29(26,27)24-14-12-23(13-15-24)11-10-22-21(25)20-16-6-2-4-8-18(16)28-19-9-5-3-7-17(19)20/h2-9,20H,10-15H2,1H3,(H,22,25). The van der Waals surface area contributed by atoms with E-state index in [-0.39, 0.29) is 5.91 Å². The zero-order valence-corrected chi connectivity index (χ0v) is 17.2. The summed E-state index contributed by atoms with van der Waals surface area (Å²) >= 11 is 0. The Hall–Kier alpha value is -2.42. The van der Waals surface area contributed by atoms with Gasteiger partial charge in [0.05, 0.1) is 12.2 Å². The Morgan fingerprint density at radius 3 is 2.10 bits per heavy atom. The quantitative estimate of drug-likeness (QED) is 0.803. The average Bonchev–Trinajstić information content (AvgIpc) is 2.71. The third-order valence-corrected chi connectivity index (χ3v) is 6.77.